The van der Waals surface area contributed by atoms with Crippen LogP contribution in [0.4, 0.5) is 0 Å². The van der Waals surface area contributed by atoms with Crippen LogP contribution in [0, 0.1) is 0 Å². The van der Waals surface area contributed by atoms with E-state index in [-0.39, 0.29) is 32.8 Å². The molecule has 2 aromatic heterocycles. The van der Waals surface area contributed by atoms with Crippen molar-refractivity contribution in [1.29, 1.82) is 0 Å². The van der Waals surface area contributed by atoms with E-state index in [2.05, 4.69) is 130 Å². The average molecular weight is 679 g/mol. The number of hydrogen-bond donors (Lipinski definition) is 0. The minimum Gasteiger partial charge on any atom is -0.309 e. The first-order chi connectivity index (χ1) is 26.7. The molecular weight excluding hydrogens is 656 g/mol. The zero-order valence-corrected chi connectivity index (χ0v) is 29.7. The molecule has 2 nitrogen and oxygen atoms in total. The maximum atomic E-state index is 6.67. The Hall–Kier alpha value is -5.93. The molecule has 0 aliphatic carbocycles. The Morgan fingerprint density at radius 3 is 1.18 bits per heavy atom. The van der Waals surface area contributed by atoms with Crippen LogP contribution >= 0.6 is 0 Å². The number of fused-ring (bicyclic) bond motifs is 8. The van der Waals surface area contributed by atoms with Gasteiger partial charge in [0.15, 0.2) is 0 Å². The van der Waals surface area contributed by atoms with Gasteiger partial charge in [-0.3, -0.25) is 0 Å². The second-order valence-corrected chi connectivity index (χ2v) is 14.0. The monoisotopic (exact) mass is 680 g/mol. The Balaban J connectivity index is 1.18. The van der Waals surface area contributed by atoms with Crippen molar-refractivity contribution in [2.45, 2.75) is 0 Å². The summed E-state index contributed by atoms with van der Waals surface area (Å²) < 4.78 is 4.67. The largest absolute Gasteiger partial charge is 0.309 e. The lowest BCUT2D eigenvalue weighted by Gasteiger charge is -2.25. The standard InChI is InChI=1S/C46H23B7N2/c47-40-35(38-39(42(49)44(40)51)43(50)46(53)45(52)41(38)48)26-16-20-28(21-17-26)55-32-13-7-5-11-30(32)37-34(55)23-22-33-36(37)29-10-4-6-12-31(29)54(33)27-18-14-25(15-19-27)24-8-2-1-3-9-24/h1-23H. The van der Waals surface area contributed by atoms with Gasteiger partial charge in [0.2, 0.25) is 0 Å². The first-order valence-electron chi connectivity index (χ1n) is 18.0. The van der Waals surface area contributed by atoms with Gasteiger partial charge in [-0.1, -0.05) is 113 Å². The Morgan fingerprint density at radius 2 is 0.673 bits per heavy atom. The normalized spacial score (nSPS) is 11.8. The first kappa shape index (κ1) is 33.6. The molecule has 0 saturated heterocycles. The highest BCUT2D eigenvalue weighted by Crippen LogP contribution is 2.42. The van der Waals surface area contributed by atoms with Crippen molar-refractivity contribution in [1.82, 2.24) is 9.13 Å². The lowest BCUT2D eigenvalue weighted by atomic mass is 9.59. The van der Waals surface area contributed by atoms with Gasteiger partial charge in [0.05, 0.1) is 22.1 Å². The van der Waals surface area contributed by atoms with Gasteiger partial charge in [0.25, 0.3) is 0 Å². The van der Waals surface area contributed by atoms with E-state index in [0.717, 1.165) is 44.4 Å². The maximum Gasteiger partial charge on any atom is 0.113 e. The summed E-state index contributed by atoms with van der Waals surface area (Å²) in [4.78, 5) is 0. The molecule has 0 saturated carbocycles. The lowest BCUT2D eigenvalue weighted by molar-refractivity contribution is 1.17. The van der Waals surface area contributed by atoms with Crippen molar-refractivity contribution in [2.75, 3.05) is 0 Å². The molecule has 0 atom stereocenters. The summed E-state index contributed by atoms with van der Waals surface area (Å²) in [7, 11) is 45.1. The Bertz CT molecular complexity index is 3190. The predicted molar refractivity (Wildman–Crippen MR) is 241 cm³/mol. The van der Waals surface area contributed by atoms with Crippen LogP contribution < -0.4 is 38.2 Å². The number of para-hydroxylation sites is 2. The highest BCUT2D eigenvalue weighted by Gasteiger charge is 2.22. The molecule has 0 unspecified atom stereocenters. The lowest BCUT2D eigenvalue weighted by Crippen LogP contribution is -2.52. The second kappa shape index (κ2) is 12.6. The van der Waals surface area contributed by atoms with Crippen LogP contribution in [0.3, 0.4) is 0 Å². The second-order valence-electron chi connectivity index (χ2n) is 14.0. The molecule has 238 valence electrons. The number of hydrogen-bond acceptors (Lipinski definition) is 0. The molecule has 8 aromatic carbocycles. The van der Waals surface area contributed by atoms with Crippen molar-refractivity contribution in [3.8, 4) is 33.6 Å². The van der Waals surface area contributed by atoms with Gasteiger partial charge in [0.1, 0.15) is 54.9 Å². The third-order valence-corrected chi connectivity index (χ3v) is 11.1. The van der Waals surface area contributed by atoms with Gasteiger partial charge in [-0.15, -0.1) is 16.4 Å². The Labute approximate surface area is 328 Å². The number of aromatic nitrogens is 2. The van der Waals surface area contributed by atoms with Crippen molar-refractivity contribution >= 4 is 148 Å². The highest BCUT2D eigenvalue weighted by molar-refractivity contribution is 6.71. The van der Waals surface area contributed by atoms with Crippen molar-refractivity contribution in [3.05, 3.63) is 140 Å². The van der Waals surface area contributed by atoms with E-state index in [1.54, 1.807) is 0 Å². The van der Waals surface area contributed by atoms with E-state index < -0.39 is 0 Å². The molecule has 9 heteroatoms. The molecule has 0 spiro atoms. The minimum absolute atomic E-state index is 0.159. The van der Waals surface area contributed by atoms with E-state index in [1.165, 1.54) is 27.3 Å². The summed E-state index contributed by atoms with van der Waals surface area (Å²) in [5.74, 6) is 0. The Morgan fingerprint density at radius 1 is 0.273 bits per heavy atom. The summed E-state index contributed by atoms with van der Waals surface area (Å²) in [6.07, 6.45) is 0. The highest BCUT2D eigenvalue weighted by atomic mass is 15.0. The summed E-state index contributed by atoms with van der Waals surface area (Å²) in [5, 5.41) is 5.69. The molecule has 0 amide bonds. The molecular formula is C46H23B7N2. The van der Waals surface area contributed by atoms with Gasteiger partial charge in [-0.2, -0.15) is 0 Å². The quantitative estimate of drug-likeness (QED) is 0.250. The maximum absolute atomic E-state index is 6.67. The number of rotatable bonds is 4. The van der Waals surface area contributed by atoms with Crippen LogP contribution in [0.25, 0.3) is 88.0 Å². The van der Waals surface area contributed by atoms with Gasteiger partial charge < -0.3 is 9.13 Å². The fourth-order valence-corrected chi connectivity index (χ4v) is 8.50. The van der Waals surface area contributed by atoms with E-state index in [1.807, 2.05) is 18.2 Å². The zero-order chi connectivity index (χ0) is 37.7. The molecule has 0 fully saturated rings. The van der Waals surface area contributed by atoms with Gasteiger partial charge in [0, 0.05) is 32.9 Å². The van der Waals surface area contributed by atoms with Crippen LogP contribution in [0.2, 0.25) is 0 Å². The van der Waals surface area contributed by atoms with Gasteiger partial charge in [-0.05, 0) is 81.6 Å². The smallest absolute Gasteiger partial charge is 0.113 e. The fourth-order valence-electron chi connectivity index (χ4n) is 8.50. The fraction of sp³-hybridized carbons (Fsp3) is 0. The van der Waals surface area contributed by atoms with E-state index >= 15 is 0 Å². The Kier molecular flexibility index (Phi) is 7.68. The molecule has 10 rings (SSSR count). The summed E-state index contributed by atoms with van der Waals surface area (Å²) in [6.45, 7) is 0. The molecule has 55 heavy (non-hydrogen) atoms. The molecule has 0 bridgehead atoms. The predicted octanol–water partition coefficient (Wildman–Crippen LogP) is 3.92. The van der Waals surface area contributed by atoms with Crippen LogP contribution in [0.5, 0.6) is 0 Å². The van der Waals surface area contributed by atoms with Crippen molar-refractivity contribution in [3.63, 3.8) is 0 Å². The first-order valence-corrected chi connectivity index (χ1v) is 18.0. The van der Waals surface area contributed by atoms with E-state index in [4.69, 9.17) is 54.9 Å². The third kappa shape index (κ3) is 4.85. The molecule has 10 aromatic rings. The van der Waals surface area contributed by atoms with Crippen molar-refractivity contribution in [2.24, 2.45) is 0 Å². The molecule has 0 aliphatic heterocycles. The number of nitrogens with zero attached hydrogens (tertiary/aromatic N) is 2. The van der Waals surface area contributed by atoms with Crippen LogP contribution in [0.1, 0.15) is 0 Å². The third-order valence-electron chi connectivity index (χ3n) is 11.1. The van der Waals surface area contributed by atoms with Gasteiger partial charge in [-0.25, -0.2) is 0 Å². The molecule has 2 heterocycles. The summed E-state index contributed by atoms with van der Waals surface area (Å²) in [5.41, 5.74) is 11.8. The molecule has 0 aliphatic rings. The van der Waals surface area contributed by atoms with Crippen LogP contribution in [0.15, 0.2) is 140 Å². The van der Waals surface area contributed by atoms with E-state index in [9.17, 15) is 0 Å². The minimum atomic E-state index is 0.159. The van der Waals surface area contributed by atoms with Crippen LogP contribution in [-0.2, 0) is 0 Å². The molecule has 14 radical (unpaired) electrons. The topological polar surface area (TPSA) is 9.86 Å². The van der Waals surface area contributed by atoms with E-state index in [0.29, 0.717) is 21.8 Å². The summed E-state index contributed by atoms with van der Waals surface area (Å²) in [6, 6.07) is 49.1. The molecule has 0 N–H and O–H groups in total. The SMILES string of the molecule is [B]c1c([B])c([B])c2c(-c3ccc(-n4c5ccccc5c5c6c7ccccc7n(-c7ccc(-c8ccccc8)cc7)c6ccc54)cc3)c([B])c([B])c([B])c2c1[B]. The van der Waals surface area contributed by atoms with Crippen molar-refractivity contribution < 1.29 is 0 Å². The zero-order valence-electron chi connectivity index (χ0n) is 29.7. The van der Waals surface area contributed by atoms with Crippen LogP contribution in [-0.4, -0.2) is 64.1 Å². The number of benzene rings is 8. The summed E-state index contributed by atoms with van der Waals surface area (Å²) >= 11 is 0. The van der Waals surface area contributed by atoms with Gasteiger partial charge >= 0.3 is 0 Å². The average Bonchev–Trinajstić information content (AvgIpc) is 3.74.